The highest BCUT2D eigenvalue weighted by molar-refractivity contribution is 6.38. The number of benzene rings is 12. The molecule has 314 valence electrons. The fourth-order valence-electron chi connectivity index (χ4n) is 11.9. The standard InChI is InChI=1S/C64H36N2O2/c1-3-15-37(16-4-1)47-33-53-62-50(36-52-46-30-28-40(32-60(46)67-63(52)53)66-57-25-13-9-21-43(57)44-22-10-14-26-58(44)66)48(38-17-5-2-6-18-38)34-54-61(62)49(47)35-51-45-29-27-39(31-59(45)68-64(51)54)65-55-23-11-7-19-41(55)42-20-8-12-24-56(42)65/h1-36H. The van der Waals surface area contributed by atoms with Crippen molar-refractivity contribution in [2.24, 2.45) is 0 Å². The monoisotopic (exact) mass is 864 g/mol. The molecule has 0 bridgehead atoms. The van der Waals surface area contributed by atoms with Crippen LogP contribution in [0.2, 0.25) is 0 Å². The van der Waals surface area contributed by atoms with E-state index in [0.29, 0.717) is 0 Å². The van der Waals surface area contributed by atoms with E-state index in [1.807, 2.05) is 0 Å². The maximum Gasteiger partial charge on any atom is 0.143 e. The zero-order valence-corrected chi connectivity index (χ0v) is 36.5. The Balaban J connectivity index is 1.02. The van der Waals surface area contributed by atoms with E-state index in [1.54, 1.807) is 0 Å². The summed E-state index contributed by atoms with van der Waals surface area (Å²) in [5.41, 5.74) is 14.9. The van der Waals surface area contributed by atoms with Gasteiger partial charge in [0.25, 0.3) is 0 Å². The minimum atomic E-state index is 0.857. The van der Waals surface area contributed by atoms with Crippen LogP contribution in [0.25, 0.3) is 153 Å². The predicted molar refractivity (Wildman–Crippen MR) is 284 cm³/mol. The molecule has 0 N–H and O–H groups in total. The van der Waals surface area contributed by atoms with Gasteiger partial charge in [0, 0.05) is 88.1 Å². The van der Waals surface area contributed by atoms with Crippen LogP contribution in [0.3, 0.4) is 0 Å². The van der Waals surface area contributed by atoms with Crippen LogP contribution in [0.5, 0.6) is 0 Å². The van der Waals surface area contributed by atoms with Crippen molar-refractivity contribution in [3.8, 4) is 33.6 Å². The minimum Gasteiger partial charge on any atom is -0.455 e. The highest BCUT2D eigenvalue weighted by atomic mass is 16.3. The lowest BCUT2D eigenvalue weighted by atomic mass is 9.84. The van der Waals surface area contributed by atoms with Gasteiger partial charge in [0.05, 0.1) is 22.1 Å². The van der Waals surface area contributed by atoms with E-state index in [0.717, 1.165) is 88.3 Å². The van der Waals surface area contributed by atoms with Gasteiger partial charge in [-0.15, -0.1) is 0 Å². The minimum absolute atomic E-state index is 0.857. The summed E-state index contributed by atoms with van der Waals surface area (Å²) in [4.78, 5) is 0. The summed E-state index contributed by atoms with van der Waals surface area (Å²) < 4.78 is 19.2. The molecule has 0 aliphatic heterocycles. The Bertz CT molecular complexity index is 4370. The Labute approximate surface area is 388 Å². The fraction of sp³-hybridized carbons (Fsp3) is 0. The SMILES string of the molecule is c1ccc(-c2cc3c4oc5cc(-n6c7ccccc7c7ccccc76)ccc5c4cc4c(-c5ccccc5)cc5c6oc7cc(-n8c9ccccc9c9ccccc98)ccc7c6cc2c5c43)cc1. The average Bonchev–Trinajstić information content (AvgIpc) is 4.15. The fourth-order valence-corrected chi connectivity index (χ4v) is 11.9. The lowest BCUT2D eigenvalue weighted by Gasteiger charge is -2.18. The molecule has 16 aromatic rings. The molecular formula is C64H36N2O2. The number of para-hydroxylation sites is 4. The number of rotatable bonds is 4. The van der Waals surface area contributed by atoms with Crippen LogP contribution in [0, 0.1) is 0 Å². The summed E-state index contributed by atoms with van der Waals surface area (Å²) in [6, 6.07) is 79.3. The van der Waals surface area contributed by atoms with E-state index in [-0.39, 0.29) is 0 Å². The Hall–Kier alpha value is -9.12. The van der Waals surface area contributed by atoms with Crippen LogP contribution >= 0.6 is 0 Å². The molecule has 0 saturated carbocycles. The molecule has 0 radical (unpaired) electrons. The smallest absolute Gasteiger partial charge is 0.143 e. The molecular weight excluding hydrogens is 829 g/mol. The summed E-state index contributed by atoms with van der Waals surface area (Å²) in [6.07, 6.45) is 0. The molecule has 0 saturated heterocycles. The number of hydrogen-bond acceptors (Lipinski definition) is 2. The van der Waals surface area contributed by atoms with Crippen molar-refractivity contribution in [1.82, 2.24) is 9.13 Å². The summed E-state index contributed by atoms with van der Waals surface area (Å²) >= 11 is 0. The molecule has 0 unspecified atom stereocenters. The third kappa shape index (κ3) is 4.77. The van der Waals surface area contributed by atoms with Gasteiger partial charge in [0.2, 0.25) is 0 Å². The molecule has 68 heavy (non-hydrogen) atoms. The molecule has 0 amide bonds. The van der Waals surface area contributed by atoms with Crippen LogP contribution in [-0.4, -0.2) is 9.13 Å². The number of nitrogens with zero attached hydrogens (tertiary/aromatic N) is 2. The van der Waals surface area contributed by atoms with Crippen LogP contribution in [0.15, 0.2) is 227 Å². The number of fused-ring (bicyclic) bond motifs is 14. The van der Waals surface area contributed by atoms with Crippen molar-refractivity contribution in [3.05, 3.63) is 218 Å². The van der Waals surface area contributed by atoms with Crippen molar-refractivity contribution in [1.29, 1.82) is 0 Å². The van der Waals surface area contributed by atoms with Gasteiger partial charge in [-0.3, -0.25) is 0 Å². The van der Waals surface area contributed by atoms with Gasteiger partial charge in [-0.1, -0.05) is 133 Å². The quantitative estimate of drug-likeness (QED) is 0.165. The molecule has 16 rings (SSSR count). The lowest BCUT2D eigenvalue weighted by Crippen LogP contribution is -1.93. The second kappa shape index (κ2) is 13.3. The summed E-state index contributed by atoms with van der Waals surface area (Å²) in [6.45, 7) is 0. The molecule has 4 heteroatoms. The molecule has 4 heterocycles. The predicted octanol–water partition coefficient (Wildman–Crippen LogP) is 17.9. The molecule has 0 aliphatic carbocycles. The Morgan fingerprint density at radius 1 is 0.250 bits per heavy atom. The van der Waals surface area contributed by atoms with Crippen molar-refractivity contribution in [2.75, 3.05) is 0 Å². The van der Waals surface area contributed by atoms with Crippen LogP contribution in [0.1, 0.15) is 0 Å². The molecule has 0 aliphatic rings. The maximum atomic E-state index is 7.21. The zero-order valence-electron chi connectivity index (χ0n) is 36.5. The molecule has 0 atom stereocenters. The van der Waals surface area contributed by atoms with Crippen LogP contribution in [-0.2, 0) is 0 Å². The summed E-state index contributed by atoms with van der Waals surface area (Å²) in [7, 11) is 0. The van der Waals surface area contributed by atoms with Crippen molar-refractivity contribution in [2.45, 2.75) is 0 Å². The Morgan fingerprint density at radius 3 is 0.985 bits per heavy atom. The Morgan fingerprint density at radius 2 is 0.603 bits per heavy atom. The van der Waals surface area contributed by atoms with E-state index in [4.69, 9.17) is 8.83 Å². The first-order valence-electron chi connectivity index (χ1n) is 23.3. The third-order valence-electron chi connectivity index (χ3n) is 14.8. The van der Waals surface area contributed by atoms with Gasteiger partial charge < -0.3 is 18.0 Å². The third-order valence-corrected chi connectivity index (χ3v) is 14.8. The highest BCUT2D eigenvalue weighted by Gasteiger charge is 2.25. The first-order chi connectivity index (χ1) is 33.7. The van der Waals surface area contributed by atoms with Gasteiger partial charge in [-0.2, -0.15) is 0 Å². The van der Waals surface area contributed by atoms with E-state index in [9.17, 15) is 0 Å². The normalized spacial score (nSPS) is 12.4. The number of furan rings is 2. The van der Waals surface area contributed by atoms with Crippen molar-refractivity contribution >= 4 is 120 Å². The average molecular weight is 865 g/mol. The van der Waals surface area contributed by atoms with Crippen molar-refractivity contribution in [3.63, 3.8) is 0 Å². The highest BCUT2D eigenvalue weighted by Crippen LogP contribution is 2.51. The zero-order chi connectivity index (χ0) is 44.2. The van der Waals surface area contributed by atoms with Gasteiger partial charge in [0.1, 0.15) is 22.3 Å². The molecule has 12 aromatic carbocycles. The van der Waals surface area contributed by atoms with E-state index >= 15 is 0 Å². The molecule has 4 aromatic heterocycles. The topological polar surface area (TPSA) is 36.1 Å². The first kappa shape index (κ1) is 36.1. The van der Waals surface area contributed by atoms with E-state index in [1.165, 1.54) is 65.2 Å². The van der Waals surface area contributed by atoms with Crippen molar-refractivity contribution < 1.29 is 8.83 Å². The molecule has 4 nitrogen and oxygen atoms in total. The van der Waals surface area contributed by atoms with Crippen LogP contribution < -0.4 is 0 Å². The Kier molecular flexibility index (Phi) is 7.04. The van der Waals surface area contributed by atoms with Gasteiger partial charge in [-0.25, -0.2) is 0 Å². The number of aromatic nitrogens is 2. The first-order valence-corrected chi connectivity index (χ1v) is 23.3. The number of hydrogen-bond donors (Lipinski definition) is 0. The molecule has 0 spiro atoms. The summed E-state index contributed by atoms with van der Waals surface area (Å²) in [5.74, 6) is 0. The van der Waals surface area contributed by atoms with Gasteiger partial charge in [-0.05, 0) is 106 Å². The lowest BCUT2D eigenvalue weighted by molar-refractivity contribution is 0.672. The van der Waals surface area contributed by atoms with Gasteiger partial charge >= 0.3 is 0 Å². The largest absolute Gasteiger partial charge is 0.455 e. The maximum absolute atomic E-state index is 7.21. The summed E-state index contributed by atoms with van der Waals surface area (Å²) in [5, 5.41) is 16.2. The van der Waals surface area contributed by atoms with E-state index < -0.39 is 0 Å². The second-order valence-corrected chi connectivity index (χ2v) is 18.3. The van der Waals surface area contributed by atoms with E-state index in [2.05, 4.69) is 228 Å². The van der Waals surface area contributed by atoms with Gasteiger partial charge in [0.15, 0.2) is 0 Å². The molecule has 0 fully saturated rings. The van der Waals surface area contributed by atoms with Crippen LogP contribution in [0.4, 0.5) is 0 Å². The second-order valence-electron chi connectivity index (χ2n) is 18.3.